The lowest BCUT2D eigenvalue weighted by molar-refractivity contribution is 0.484. The van der Waals surface area contributed by atoms with E-state index in [1.165, 1.54) is 0 Å². The number of hydrogen-bond donors (Lipinski definition) is 1. The molecule has 0 aliphatic carbocycles. The predicted molar refractivity (Wildman–Crippen MR) is 99.2 cm³/mol. The molecule has 7 nitrogen and oxygen atoms in total. The molecule has 26 heavy (non-hydrogen) atoms. The summed E-state index contributed by atoms with van der Waals surface area (Å²) < 4.78 is 53.6. The summed E-state index contributed by atoms with van der Waals surface area (Å²) >= 11 is 0. The lowest BCUT2D eigenvalue weighted by Gasteiger charge is -2.15. The predicted octanol–water partition coefficient (Wildman–Crippen LogP) is 1.90. The summed E-state index contributed by atoms with van der Waals surface area (Å²) in [5, 5.41) is 4.34. The summed E-state index contributed by atoms with van der Waals surface area (Å²) in [6.45, 7) is 5.09. The zero-order valence-corrected chi connectivity index (χ0v) is 16.6. The fourth-order valence-electron chi connectivity index (χ4n) is 3.46. The van der Waals surface area contributed by atoms with Gasteiger partial charge in [-0.1, -0.05) is 30.3 Å². The number of hydrogen-bond acceptors (Lipinski definition) is 5. The van der Waals surface area contributed by atoms with E-state index in [-0.39, 0.29) is 22.4 Å². The minimum atomic E-state index is -3.79. The Morgan fingerprint density at radius 1 is 1.23 bits per heavy atom. The number of aromatic nitrogens is 2. The monoisotopic (exact) mass is 397 g/mol. The normalized spacial score (nSPS) is 21.0. The molecular formula is C17H23N3O4S2. The average Bonchev–Trinajstić information content (AvgIpc) is 3.06. The summed E-state index contributed by atoms with van der Waals surface area (Å²) in [6.07, 6.45) is 0.456. The molecule has 1 aliphatic heterocycles. The molecule has 1 aromatic carbocycles. The number of rotatable bonds is 5. The van der Waals surface area contributed by atoms with Crippen LogP contribution < -0.4 is 4.72 Å². The Morgan fingerprint density at radius 3 is 2.46 bits per heavy atom. The van der Waals surface area contributed by atoms with E-state index in [9.17, 15) is 16.8 Å². The average molecular weight is 398 g/mol. The van der Waals surface area contributed by atoms with Gasteiger partial charge in [0.1, 0.15) is 4.90 Å². The number of aryl methyl sites for hydroxylation is 1. The lowest BCUT2D eigenvalue weighted by atomic mass is 10.1. The van der Waals surface area contributed by atoms with Gasteiger partial charge in [0.05, 0.1) is 28.9 Å². The van der Waals surface area contributed by atoms with E-state index in [1.54, 1.807) is 25.5 Å². The third-order valence-electron chi connectivity index (χ3n) is 4.71. The summed E-state index contributed by atoms with van der Waals surface area (Å²) in [5.41, 5.74) is 1.71. The summed E-state index contributed by atoms with van der Waals surface area (Å²) in [6, 6.07) is 8.60. The minimum Gasteiger partial charge on any atom is -0.264 e. The van der Waals surface area contributed by atoms with Gasteiger partial charge in [-0.05, 0) is 32.8 Å². The minimum absolute atomic E-state index is 0.00228. The molecule has 2 aromatic rings. The zero-order valence-electron chi connectivity index (χ0n) is 15.0. The fraction of sp³-hybridized carbons (Fsp3) is 0.471. The van der Waals surface area contributed by atoms with Gasteiger partial charge in [0, 0.05) is 6.04 Å². The van der Waals surface area contributed by atoms with Gasteiger partial charge in [-0.25, -0.2) is 21.6 Å². The molecule has 1 aliphatic rings. The highest BCUT2D eigenvalue weighted by Gasteiger charge is 2.34. The Kier molecular flexibility index (Phi) is 4.98. The molecule has 2 atom stereocenters. The first-order chi connectivity index (χ1) is 12.1. The van der Waals surface area contributed by atoms with Crippen LogP contribution in [0.4, 0.5) is 0 Å². The van der Waals surface area contributed by atoms with Crippen molar-refractivity contribution < 1.29 is 16.8 Å². The molecule has 0 saturated carbocycles. The SMILES string of the molecule is Cc1nn(C2CCS(=O)(=O)C2)c(C)c1S(=O)(=O)NC(C)c1ccccc1. The van der Waals surface area contributed by atoms with Gasteiger partial charge in [-0.3, -0.25) is 4.68 Å². The maximum atomic E-state index is 12.9. The molecule has 1 N–H and O–H groups in total. The molecule has 2 unspecified atom stereocenters. The van der Waals surface area contributed by atoms with Gasteiger partial charge in [-0.2, -0.15) is 5.10 Å². The van der Waals surface area contributed by atoms with E-state index < -0.39 is 25.9 Å². The van der Waals surface area contributed by atoms with Crippen LogP contribution in [0.5, 0.6) is 0 Å². The Hall–Kier alpha value is -1.71. The Morgan fingerprint density at radius 2 is 1.88 bits per heavy atom. The third kappa shape index (κ3) is 3.70. The first-order valence-electron chi connectivity index (χ1n) is 8.44. The number of nitrogens with zero attached hydrogens (tertiary/aromatic N) is 2. The van der Waals surface area contributed by atoms with Crippen molar-refractivity contribution in [3.8, 4) is 0 Å². The maximum Gasteiger partial charge on any atom is 0.244 e. The summed E-state index contributed by atoms with van der Waals surface area (Å²) in [7, 11) is -6.87. The number of sulfone groups is 1. The van der Waals surface area contributed by atoms with E-state index >= 15 is 0 Å². The molecule has 0 bridgehead atoms. The molecule has 1 aromatic heterocycles. The number of nitrogens with one attached hydrogen (secondary N) is 1. The van der Waals surface area contributed by atoms with E-state index in [0.717, 1.165) is 5.56 Å². The fourth-order valence-corrected chi connectivity index (χ4v) is 6.79. The van der Waals surface area contributed by atoms with Crippen molar-refractivity contribution in [3.63, 3.8) is 0 Å². The van der Waals surface area contributed by atoms with Crippen molar-refractivity contribution >= 4 is 19.9 Å². The van der Waals surface area contributed by atoms with Gasteiger partial charge < -0.3 is 0 Å². The molecule has 1 fully saturated rings. The lowest BCUT2D eigenvalue weighted by Crippen LogP contribution is -2.28. The second-order valence-corrected chi connectivity index (χ2v) is 10.6. The van der Waals surface area contributed by atoms with Crippen LogP contribution in [-0.4, -0.2) is 38.1 Å². The van der Waals surface area contributed by atoms with Crippen molar-refractivity contribution in [1.82, 2.24) is 14.5 Å². The third-order valence-corrected chi connectivity index (χ3v) is 8.26. The molecule has 2 heterocycles. The standard InChI is InChI=1S/C17H23N3O4S2/c1-12(15-7-5-4-6-8-15)19-26(23,24)17-13(2)18-20(14(17)3)16-9-10-25(21,22)11-16/h4-8,12,16,19H,9-11H2,1-3H3. The first kappa shape index (κ1) is 19.1. The largest absolute Gasteiger partial charge is 0.264 e. The van der Waals surface area contributed by atoms with Crippen LogP contribution in [0.15, 0.2) is 35.2 Å². The van der Waals surface area contributed by atoms with Crippen LogP contribution >= 0.6 is 0 Å². The van der Waals surface area contributed by atoms with Crippen LogP contribution in [0.1, 0.15) is 42.4 Å². The molecular weight excluding hydrogens is 374 g/mol. The molecule has 142 valence electrons. The highest BCUT2D eigenvalue weighted by molar-refractivity contribution is 7.91. The molecule has 9 heteroatoms. The van der Waals surface area contributed by atoms with Crippen molar-refractivity contribution in [3.05, 3.63) is 47.3 Å². The quantitative estimate of drug-likeness (QED) is 0.831. The first-order valence-corrected chi connectivity index (χ1v) is 11.7. The Labute approximate surface area is 154 Å². The van der Waals surface area contributed by atoms with Crippen molar-refractivity contribution in [1.29, 1.82) is 0 Å². The van der Waals surface area contributed by atoms with Gasteiger partial charge in [0.15, 0.2) is 9.84 Å². The van der Waals surface area contributed by atoms with E-state index in [4.69, 9.17) is 0 Å². The number of sulfonamides is 1. The topological polar surface area (TPSA) is 98.1 Å². The van der Waals surface area contributed by atoms with E-state index in [2.05, 4.69) is 9.82 Å². The number of benzene rings is 1. The zero-order chi connectivity index (χ0) is 19.1. The van der Waals surface area contributed by atoms with Crippen LogP contribution in [0.25, 0.3) is 0 Å². The second-order valence-electron chi connectivity index (χ2n) is 6.76. The van der Waals surface area contributed by atoms with Crippen molar-refractivity contribution in [2.45, 2.75) is 44.2 Å². The smallest absolute Gasteiger partial charge is 0.244 e. The van der Waals surface area contributed by atoms with Gasteiger partial charge in [0.2, 0.25) is 10.0 Å². The highest BCUT2D eigenvalue weighted by atomic mass is 32.2. The molecule has 1 saturated heterocycles. The van der Waals surface area contributed by atoms with Crippen LogP contribution in [-0.2, 0) is 19.9 Å². The maximum absolute atomic E-state index is 12.9. The Bertz CT molecular complexity index is 1010. The van der Waals surface area contributed by atoms with Crippen molar-refractivity contribution in [2.75, 3.05) is 11.5 Å². The van der Waals surface area contributed by atoms with Gasteiger partial charge in [0.25, 0.3) is 0 Å². The summed E-state index contributed by atoms with van der Waals surface area (Å²) in [5.74, 6) is 0.115. The van der Waals surface area contributed by atoms with E-state index in [1.807, 2.05) is 30.3 Å². The molecule has 0 amide bonds. The molecule has 3 rings (SSSR count). The van der Waals surface area contributed by atoms with Crippen molar-refractivity contribution in [2.24, 2.45) is 0 Å². The second kappa shape index (κ2) is 6.79. The van der Waals surface area contributed by atoms with Crippen LogP contribution in [0, 0.1) is 13.8 Å². The Balaban J connectivity index is 1.91. The van der Waals surface area contributed by atoms with Crippen LogP contribution in [0.2, 0.25) is 0 Å². The van der Waals surface area contributed by atoms with E-state index in [0.29, 0.717) is 17.8 Å². The summed E-state index contributed by atoms with van der Waals surface area (Å²) in [4.78, 5) is 0.129. The van der Waals surface area contributed by atoms with Gasteiger partial charge >= 0.3 is 0 Å². The molecule has 0 radical (unpaired) electrons. The highest BCUT2D eigenvalue weighted by Crippen LogP contribution is 2.29. The molecule has 0 spiro atoms. The van der Waals surface area contributed by atoms with Gasteiger partial charge in [-0.15, -0.1) is 0 Å². The van der Waals surface area contributed by atoms with Crippen LogP contribution in [0.3, 0.4) is 0 Å².